The van der Waals surface area contributed by atoms with E-state index in [1.165, 1.54) is 7.11 Å². The largest absolute Gasteiger partial charge is 0.481 e. The minimum Gasteiger partial charge on any atom is -0.481 e. The Labute approximate surface area is 195 Å². The SMILES string of the molecule is COCCC(=O)N[C@H](CC(=O)O)NC(=O)[C@@H]1CCCN(C(=O)CCC2CCNCC2)C1.Cl. The Bertz CT molecular complexity index is 629. The van der Waals surface area contributed by atoms with Gasteiger partial charge in [-0.15, -0.1) is 12.4 Å². The number of likely N-dealkylation sites (tertiary alicyclic amines) is 1. The fourth-order valence-electron chi connectivity index (χ4n) is 4.14. The van der Waals surface area contributed by atoms with Crippen LogP contribution in [0.4, 0.5) is 0 Å². The van der Waals surface area contributed by atoms with Crippen molar-refractivity contribution >= 4 is 36.1 Å². The first-order valence-electron chi connectivity index (χ1n) is 11.2. The van der Waals surface area contributed by atoms with E-state index in [9.17, 15) is 19.2 Å². The van der Waals surface area contributed by atoms with Crippen molar-refractivity contribution < 1.29 is 29.0 Å². The van der Waals surface area contributed by atoms with Gasteiger partial charge in [-0.1, -0.05) is 0 Å². The van der Waals surface area contributed by atoms with Gasteiger partial charge in [-0.2, -0.15) is 0 Å². The molecular weight excluding hydrogens is 440 g/mol. The van der Waals surface area contributed by atoms with Crippen molar-refractivity contribution in [2.75, 3.05) is 39.9 Å². The van der Waals surface area contributed by atoms with Crippen LogP contribution in [-0.2, 0) is 23.9 Å². The zero-order valence-electron chi connectivity index (χ0n) is 18.8. The van der Waals surface area contributed by atoms with Gasteiger partial charge in [0.05, 0.1) is 25.4 Å². The van der Waals surface area contributed by atoms with Crippen LogP contribution in [0.5, 0.6) is 0 Å². The Balaban J connectivity index is 0.00000512. The first-order valence-corrected chi connectivity index (χ1v) is 11.2. The number of nitrogens with one attached hydrogen (secondary N) is 3. The van der Waals surface area contributed by atoms with Crippen molar-refractivity contribution in [1.82, 2.24) is 20.9 Å². The number of hydrogen-bond acceptors (Lipinski definition) is 6. The third-order valence-electron chi connectivity index (χ3n) is 5.93. The molecule has 0 aromatic heterocycles. The van der Waals surface area contributed by atoms with Gasteiger partial charge < -0.3 is 30.7 Å². The Hall–Kier alpha value is -1.91. The number of carboxylic acid groups (broad SMARTS) is 1. The molecule has 10 nitrogen and oxygen atoms in total. The van der Waals surface area contributed by atoms with Crippen molar-refractivity contribution in [3.63, 3.8) is 0 Å². The number of methoxy groups -OCH3 is 1. The van der Waals surface area contributed by atoms with Crippen molar-refractivity contribution in [1.29, 1.82) is 0 Å². The van der Waals surface area contributed by atoms with Crippen LogP contribution >= 0.6 is 12.4 Å². The van der Waals surface area contributed by atoms with Gasteiger partial charge in [-0.3, -0.25) is 19.2 Å². The topological polar surface area (TPSA) is 137 Å². The van der Waals surface area contributed by atoms with E-state index in [0.29, 0.717) is 31.8 Å². The van der Waals surface area contributed by atoms with Crippen LogP contribution in [-0.4, -0.2) is 79.8 Å². The van der Waals surface area contributed by atoms with E-state index in [1.807, 2.05) is 0 Å². The summed E-state index contributed by atoms with van der Waals surface area (Å²) < 4.78 is 4.84. The lowest BCUT2D eigenvalue weighted by Crippen LogP contribution is -2.53. The van der Waals surface area contributed by atoms with E-state index < -0.39 is 30.4 Å². The van der Waals surface area contributed by atoms with E-state index in [2.05, 4.69) is 16.0 Å². The maximum absolute atomic E-state index is 12.7. The zero-order valence-corrected chi connectivity index (χ0v) is 19.6. The lowest BCUT2D eigenvalue weighted by molar-refractivity contribution is -0.138. The lowest BCUT2D eigenvalue weighted by Gasteiger charge is -2.33. The summed E-state index contributed by atoms with van der Waals surface area (Å²) in [6, 6.07) is 0. The number of aliphatic carboxylic acids is 1. The Morgan fingerprint density at radius 1 is 1.12 bits per heavy atom. The van der Waals surface area contributed by atoms with Gasteiger partial charge in [-0.25, -0.2) is 0 Å². The normalized spacial score (nSPS) is 20.0. The molecule has 2 aliphatic rings. The molecule has 2 heterocycles. The number of amides is 3. The number of nitrogens with zero attached hydrogens (tertiary/aromatic N) is 1. The van der Waals surface area contributed by atoms with E-state index in [1.54, 1.807) is 4.90 Å². The van der Waals surface area contributed by atoms with Gasteiger partial charge in [0.25, 0.3) is 0 Å². The van der Waals surface area contributed by atoms with Crippen LogP contribution in [0.25, 0.3) is 0 Å². The van der Waals surface area contributed by atoms with E-state index >= 15 is 0 Å². The highest BCUT2D eigenvalue weighted by atomic mass is 35.5. The highest BCUT2D eigenvalue weighted by Gasteiger charge is 2.30. The van der Waals surface area contributed by atoms with Crippen LogP contribution in [0.15, 0.2) is 0 Å². The standard InChI is InChI=1S/C21H36N4O6.ClH/c1-31-12-8-18(26)23-17(13-20(28)29)24-21(30)16-3-2-11-25(14-16)19(27)5-4-15-6-9-22-10-7-15;/h15-17,22H,2-14H2,1H3,(H,23,26)(H,24,30)(H,28,29);1H/t16-,17+;/m1./s1. The van der Waals surface area contributed by atoms with Crippen LogP contribution < -0.4 is 16.0 Å². The highest BCUT2D eigenvalue weighted by molar-refractivity contribution is 5.85. The number of carbonyl (C=O) groups excluding carboxylic acids is 3. The predicted molar refractivity (Wildman–Crippen MR) is 120 cm³/mol. The van der Waals surface area contributed by atoms with Gasteiger partial charge in [0.15, 0.2) is 0 Å². The minimum atomic E-state index is -1.13. The number of halogens is 1. The Kier molecular flexibility index (Phi) is 13.2. The van der Waals surface area contributed by atoms with Crippen molar-refractivity contribution in [3.05, 3.63) is 0 Å². The van der Waals surface area contributed by atoms with E-state index in [-0.39, 0.29) is 37.2 Å². The molecule has 4 N–H and O–H groups in total. The van der Waals surface area contributed by atoms with Crippen molar-refractivity contribution in [3.8, 4) is 0 Å². The first-order chi connectivity index (χ1) is 14.9. The summed E-state index contributed by atoms with van der Waals surface area (Å²) in [5.41, 5.74) is 0. The van der Waals surface area contributed by atoms with Gasteiger partial charge in [0, 0.05) is 26.6 Å². The first kappa shape index (κ1) is 28.1. The van der Waals surface area contributed by atoms with Crippen LogP contribution in [0, 0.1) is 11.8 Å². The summed E-state index contributed by atoms with van der Waals surface area (Å²) in [4.78, 5) is 50.2. The van der Waals surface area contributed by atoms with Gasteiger partial charge in [0.1, 0.15) is 6.17 Å². The highest BCUT2D eigenvalue weighted by Crippen LogP contribution is 2.21. The quantitative estimate of drug-likeness (QED) is 0.318. The number of ether oxygens (including phenoxy) is 1. The molecule has 2 aliphatic heterocycles. The van der Waals surface area contributed by atoms with Crippen LogP contribution in [0.2, 0.25) is 0 Å². The molecule has 0 saturated carbocycles. The average molecular weight is 477 g/mol. The number of rotatable bonds is 11. The molecule has 0 unspecified atom stereocenters. The third-order valence-corrected chi connectivity index (χ3v) is 5.93. The van der Waals surface area contributed by atoms with Crippen LogP contribution in [0.3, 0.4) is 0 Å². The lowest BCUT2D eigenvalue weighted by atomic mass is 9.92. The molecule has 0 bridgehead atoms. The molecule has 32 heavy (non-hydrogen) atoms. The molecule has 0 aliphatic carbocycles. The Morgan fingerprint density at radius 3 is 2.50 bits per heavy atom. The summed E-state index contributed by atoms with van der Waals surface area (Å²) in [5, 5.41) is 17.6. The number of carbonyl (C=O) groups is 4. The minimum absolute atomic E-state index is 0. The molecule has 2 atom stereocenters. The predicted octanol–water partition coefficient (Wildman–Crippen LogP) is 0.496. The summed E-state index contributed by atoms with van der Waals surface area (Å²) in [7, 11) is 1.46. The second-order valence-corrected chi connectivity index (χ2v) is 8.38. The van der Waals surface area contributed by atoms with Crippen molar-refractivity contribution in [2.24, 2.45) is 11.8 Å². The van der Waals surface area contributed by atoms with E-state index in [4.69, 9.17) is 9.84 Å². The van der Waals surface area contributed by atoms with Crippen LogP contribution in [0.1, 0.15) is 51.4 Å². The fraction of sp³-hybridized carbons (Fsp3) is 0.810. The molecule has 0 radical (unpaired) electrons. The molecule has 184 valence electrons. The molecule has 2 fully saturated rings. The number of carboxylic acids is 1. The number of hydrogen-bond donors (Lipinski definition) is 4. The fourth-order valence-corrected chi connectivity index (χ4v) is 4.14. The maximum Gasteiger partial charge on any atom is 0.307 e. The van der Waals surface area contributed by atoms with Gasteiger partial charge >= 0.3 is 5.97 Å². The molecule has 0 spiro atoms. The third kappa shape index (κ3) is 10.1. The summed E-state index contributed by atoms with van der Waals surface area (Å²) in [6.07, 6.45) is 3.57. The monoisotopic (exact) mass is 476 g/mol. The average Bonchev–Trinajstić information content (AvgIpc) is 2.76. The second kappa shape index (κ2) is 15.0. The molecule has 0 aromatic carbocycles. The molecule has 11 heteroatoms. The summed E-state index contributed by atoms with van der Waals surface area (Å²) >= 11 is 0. The maximum atomic E-state index is 12.7. The van der Waals surface area contributed by atoms with Gasteiger partial charge in [0.2, 0.25) is 17.7 Å². The van der Waals surface area contributed by atoms with Crippen molar-refractivity contribution in [2.45, 2.75) is 57.5 Å². The molecule has 0 aromatic rings. The summed E-state index contributed by atoms with van der Waals surface area (Å²) in [5.74, 6) is -1.63. The second-order valence-electron chi connectivity index (χ2n) is 8.38. The molecule has 2 saturated heterocycles. The molecule has 2 rings (SSSR count). The van der Waals surface area contributed by atoms with Gasteiger partial charge in [-0.05, 0) is 51.1 Å². The summed E-state index contributed by atoms with van der Waals surface area (Å²) in [6.45, 7) is 3.18. The Morgan fingerprint density at radius 2 is 1.84 bits per heavy atom. The zero-order chi connectivity index (χ0) is 22.6. The number of piperidine rings is 2. The smallest absolute Gasteiger partial charge is 0.307 e. The molecule has 3 amide bonds. The van der Waals surface area contributed by atoms with E-state index in [0.717, 1.165) is 38.8 Å². The molecular formula is C21H37ClN4O6.